The van der Waals surface area contributed by atoms with E-state index in [0.717, 1.165) is 83.2 Å². The molecule has 178 valence electrons. The van der Waals surface area contributed by atoms with Crippen molar-refractivity contribution in [3.8, 4) is 5.88 Å². The molecule has 1 spiro atoms. The molecule has 0 saturated carbocycles. The van der Waals surface area contributed by atoms with Gasteiger partial charge in [0.25, 0.3) is 5.91 Å². The van der Waals surface area contributed by atoms with Gasteiger partial charge in [-0.15, -0.1) is 0 Å². The molecule has 0 unspecified atom stereocenters. The van der Waals surface area contributed by atoms with Crippen LogP contribution in [0.4, 0.5) is 0 Å². The van der Waals surface area contributed by atoms with Crippen LogP contribution in [0.15, 0.2) is 12.1 Å². The van der Waals surface area contributed by atoms with Crippen molar-refractivity contribution in [3.63, 3.8) is 0 Å². The minimum absolute atomic E-state index is 0.0114. The van der Waals surface area contributed by atoms with Gasteiger partial charge in [0.15, 0.2) is 5.11 Å². The maximum absolute atomic E-state index is 13.0. The number of methoxy groups -OCH3 is 1. The second-order valence-electron chi connectivity index (χ2n) is 8.80. The summed E-state index contributed by atoms with van der Waals surface area (Å²) in [7, 11) is 1.52. The molecule has 0 aromatic carbocycles. The van der Waals surface area contributed by atoms with Crippen molar-refractivity contribution >= 4 is 34.8 Å². The average Bonchev–Trinajstić information content (AvgIpc) is 3.22. The van der Waals surface area contributed by atoms with Crippen molar-refractivity contribution < 1.29 is 9.53 Å². The predicted molar refractivity (Wildman–Crippen MR) is 133 cm³/mol. The minimum Gasteiger partial charge on any atom is -0.481 e. The van der Waals surface area contributed by atoms with E-state index < -0.39 is 0 Å². The summed E-state index contributed by atoms with van der Waals surface area (Å²) in [5.74, 6) is 0.349. The second kappa shape index (κ2) is 11.5. The molecule has 9 heteroatoms. The summed E-state index contributed by atoms with van der Waals surface area (Å²) in [6, 6.07) is 3.26. The fourth-order valence-corrected chi connectivity index (χ4v) is 5.19. The van der Waals surface area contributed by atoms with Gasteiger partial charge >= 0.3 is 0 Å². The zero-order valence-corrected chi connectivity index (χ0v) is 21.1. The third-order valence-electron chi connectivity index (χ3n) is 6.89. The van der Waals surface area contributed by atoms with E-state index in [4.69, 9.17) is 28.6 Å². The second-order valence-corrected chi connectivity index (χ2v) is 9.57. The van der Waals surface area contributed by atoms with E-state index >= 15 is 0 Å². The lowest BCUT2D eigenvalue weighted by Crippen LogP contribution is -2.46. The van der Waals surface area contributed by atoms with Crippen LogP contribution in [-0.4, -0.2) is 90.2 Å². The quantitative estimate of drug-likeness (QED) is 0.347. The molecule has 0 radical (unpaired) electrons. The molecule has 32 heavy (non-hydrogen) atoms. The summed E-state index contributed by atoms with van der Waals surface area (Å²) < 4.78 is 5.15. The van der Waals surface area contributed by atoms with Gasteiger partial charge in [0, 0.05) is 44.4 Å². The third-order valence-corrected chi connectivity index (χ3v) is 7.48. The van der Waals surface area contributed by atoms with E-state index in [9.17, 15) is 4.79 Å². The Kier molecular flexibility index (Phi) is 8.96. The molecule has 1 amide bonds. The Balaban J connectivity index is 1.46. The lowest BCUT2D eigenvalue weighted by atomic mass is 9.77. The van der Waals surface area contributed by atoms with Crippen LogP contribution in [0, 0.1) is 5.41 Å². The molecule has 1 N–H and O–H groups in total. The van der Waals surface area contributed by atoms with Gasteiger partial charge in [0.2, 0.25) is 5.88 Å². The average molecular weight is 482 g/mol. The number of carbonyl (C=O) groups is 1. The van der Waals surface area contributed by atoms with Crippen LogP contribution in [0.1, 0.15) is 49.9 Å². The molecule has 3 rings (SSSR count). The number of halogens is 1. The number of amides is 1. The smallest absolute Gasteiger partial charge is 0.254 e. The molecular weight excluding hydrogens is 446 g/mol. The molecule has 2 aliphatic rings. The number of thiocarbonyl (C=S) groups is 1. The number of nitrogens with one attached hydrogen (secondary N) is 1. The van der Waals surface area contributed by atoms with Crippen LogP contribution in [-0.2, 0) is 0 Å². The van der Waals surface area contributed by atoms with Crippen LogP contribution in [0.5, 0.6) is 5.88 Å². The lowest BCUT2D eigenvalue weighted by Gasteiger charge is -2.39. The number of hydrogen-bond acceptors (Lipinski definition) is 5. The van der Waals surface area contributed by atoms with Crippen LogP contribution in [0.25, 0.3) is 0 Å². The molecule has 2 saturated heterocycles. The maximum atomic E-state index is 13.0. The zero-order chi connectivity index (χ0) is 23.1. The molecule has 2 fully saturated rings. The third kappa shape index (κ3) is 6.23. The normalized spacial score (nSPS) is 17.8. The first-order chi connectivity index (χ1) is 15.4. The monoisotopic (exact) mass is 481 g/mol. The van der Waals surface area contributed by atoms with Crippen LogP contribution in [0.3, 0.4) is 0 Å². The van der Waals surface area contributed by atoms with Crippen molar-refractivity contribution in [2.75, 3.05) is 59.5 Å². The van der Waals surface area contributed by atoms with Crippen molar-refractivity contribution in [1.29, 1.82) is 0 Å². The van der Waals surface area contributed by atoms with Crippen LogP contribution >= 0.6 is 23.8 Å². The number of likely N-dealkylation sites (tertiary alicyclic amines) is 2. The minimum atomic E-state index is -0.0114. The first-order valence-electron chi connectivity index (χ1n) is 11.7. The van der Waals surface area contributed by atoms with Crippen molar-refractivity contribution in [1.82, 2.24) is 25.0 Å². The number of nitrogens with zero attached hydrogens (tertiary/aromatic N) is 4. The van der Waals surface area contributed by atoms with E-state index in [0.29, 0.717) is 11.4 Å². The van der Waals surface area contributed by atoms with Gasteiger partial charge in [0.05, 0.1) is 7.11 Å². The van der Waals surface area contributed by atoms with E-state index in [1.807, 2.05) is 4.90 Å². The van der Waals surface area contributed by atoms with Gasteiger partial charge in [-0.05, 0) is 69.0 Å². The van der Waals surface area contributed by atoms with Crippen LogP contribution < -0.4 is 10.1 Å². The summed E-state index contributed by atoms with van der Waals surface area (Å²) in [4.78, 5) is 23.7. The topological polar surface area (TPSA) is 60.9 Å². The summed E-state index contributed by atoms with van der Waals surface area (Å²) in [5.41, 5.74) is 0.776. The Bertz CT molecular complexity index is 797. The highest BCUT2D eigenvalue weighted by Gasteiger charge is 2.42. The first-order valence-corrected chi connectivity index (χ1v) is 12.4. The van der Waals surface area contributed by atoms with E-state index in [1.54, 1.807) is 12.1 Å². The van der Waals surface area contributed by atoms with Gasteiger partial charge in [-0.2, -0.15) is 0 Å². The van der Waals surface area contributed by atoms with Gasteiger partial charge in [-0.25, -0.2) is 4.98 Å². The van der Waals surface area contributed by atoms with Crippen molar-refractivity contribution in [2.24, 2.45) is 5.41 Å². The van der Waals surface area contributed by atoms with Gasteiger partial charge in [-0.1, -0.05) is 25.4 Å². The Hall–Kier alpha value is -1.64. The number of aromatic nitrogens is 1. The van der Waals surface area contributed by atoms with E-state index in [1.165, 1.54) is 7.11 Å². The summed E-state index contributed by atoms with van der Waals surface area (Å²) >= 11 is 11.7. The maximum Gasteiger partial charge on any atom is 0.254 e. The van der Waals surface area contributed by atoms with Crippen LogP contribution in [0.2, 0.25) is 5.15 Å². The van der Waals surface area contributed by atoms with Crippen molar-refractivity contribution in [2.45, 2.75) is 39.5 Å². The number of hydrogen-bond donors (Lipinski definition) is 1. The molecule has 1 aromatic heterocycles. The van der Waals surface area contributed by atoms with Gasteiger partial charge in [-0.3, -0.25) is 4.79 Å². The molecule has 2 aliphatic heterocycles. The fraction of sp³-hybridized carbons (Fsp3) is 0.696. The lowest BCUT2D eigenvalue weighted by molar-refractivity contribution is 0.0598. The molecule has 0 aliphatic carbocycles. The summed E-state index contributed by atoms with van der Waals surface area (Å²) in [5, 5.41) is 4.59. The standard InChI is InChI=1S/C23H36ClN5O2S/c1-4-27(5-2)11-6-10-25-22(32)29-14-9-23(17-29)7-12-28(13-8-23)21(30)18-15-19(24)26-20(16-18)31-3/h15-16H,4-14,17H2,1-3H3,(H,25,32). The summed E-state index contributed by atoms with van der Waals surface area (Å²) in [6.45, 7) is 12.1. The van der Waals surface area contributed by atoms with Crippen molar-refractivity contribution in [3.05, 3.63) is 22.8 Å². The highest BCUT2D eigenvalue weighted by Crippen LogP contribution is 2.40. The Morgan fingerprint density at radius 2 is 1.88 bits per heavy atom. The number of ether oxygens (including phenoxy) is 1. The molecule has 1 aromatic rings. The number of pyridine rings is 1. The Labute approximate surface area is 202 Å². The molecular formula is C23H36ClN5O2S. The van der Waals surface area contributed by atoms with E-state index in [2.05, 4.69) is 33.9 Å². The zero-order valence-electron chi connectivity index (χ0n) is 19.5. The van der Waals surface area contributed by atoms with Gasteiger partial charge < -0.3 is 24.8 Å². The Morgan fingerprint density at radius 3 is 2.50 bits per heavy atom. The highest BCUT2D eigenvalue weighted by atomic mass is 35.5. The number of piperidine rings is 1. The summed E-state index contributed by atoms with van der Waals surface area (Å²) in [6.07, 6.45) is 4.22. The SMILES string of the molecule is CCN(CC)CCCNC(=S)N1CCC2(CCN(C(=O)c3cc(Cl)nc(OC)c3)CC2)C1. The first kappa shape index (κ1) is 25.0. The molecule has 0 atom stereocenters. The predicted octanol–water partition coefficient (Wildman–Crippen LogP) is 3.28. The number of carbonyl (C=O) groups excluding carboxylic acids is 1. The highest BCUT2D eigenvalue weighted by molar-refractivity contribution is 7.80. The largest absolute Gasteiger partial charge is 0.481 e. The molecule has 7 nitrogen and oxygen atoms in total. The van der Waals surface area contributed by atoms with E-state index in [-0.39, 0.29) is 16.5 Å². The Morgan fingerprint density at radius 1 is 1.22 bits per heavy atom. The molecule has 3 heterocycles. The molecule has 0 bridgehead atoms. The van der Waals surface area contributed by atoms with Gasteiger partial charge in [0.1, 0.15) is 5.15 Å². The number of rotatable bonds is 8. The fourth-order valence-electron chi connectivity index (χ4n) is 4.73.